The monoisotopic (exact) mass is 484 g/mol. The molecule has 36 heavy (non-hydrogen) atoms. The number of piperazine rings is 1. The molecule has 0 atom stereocenters. The Bertz CT molecular complexity index is 1150. The Balaban J connectivity index is 1.03. The van der Waals surface area contributed by atoms with Crippen molar-refractivity contribution >= 4 is 16.8 Å². The van der Waals surface area contributed by atoms with Gasteiger partial charge in [0.2, 0.25) is 0 Å². The van der Waals surface area contributed by atoms with Gasteiger partial charge in [-0.1, -0.05) is 49.2 Å². The molecule has 3 fully saturated rings. The number of aromatic amines is 1. The molecule has 1 N–H and O–H groups in total. The van der Waals surface area contributed by atoms with Crippen LogP contribution in [0.3, 0.4) is 0 Å². The van der Waals surface area contributed by atoms with Crippen molar-refractivity contribution in [2.24, 2.45) is 5.92 Å². The fraction of sp³-hybridized carbons (Fsp3) is 0.516. The predicted octanol–water partition coefficient (Wildman–Crippen LogP) is 5.32. The van der Waals surface area contributed by atoms with Gasteiger partial charge in [0.1, 0.15) is 0 Å². The van der Waals surface area contributed by atoms with Gasteiger partial charge in [0.25, 0.3) is 5.91 Å². The van der Waals surface area contributed by atoms with Gasteiger partial charge in [0.15, 0.2) is 0 Å². The highest BCUT2D eigenvalue weighted by molar-refractivity contribution is 5.98. The van der Waals surface area contributed by atoms with Gasteiger partial charge in [-0.15, -0.1) is 0 Å². The summed E-state index contributed by atoms with van der Waals surface area (Å²) in [6.45, 7) is 7.41. The molecule has 2 aromatic carbocycles. The molecule has 6 rings (SSSR count). The Morgan fingerprint density at radius 1 is 0.861 bits per heavy atom. The van der Waals surface area contributed by atoms with Gasteiger partial charge in [-0.2, -0.15) is 0 Å². The molecule has 1 aromatic heterocycles. The van der Waals surface area contributed by atoms with E-state index >= 15 is 0 Å². The largest absolute Gasteiger partial charge is 0.361 e. The summed E-state index contributed by atoms with van der Waals surface area (Å²) in [5.41, 5.74) is 4.65. The van der Waals surface area contributed by atoms with Crippen molar-refractivity contribution in [1.29, 1.82) is 0 Å². The van der Waals surface area contributed by atoms with Crippen molar-refractivity contribution < 1.29 is 4.79 Å². The maximum atomic E-state index is 13.3. The van der Waals surface area contributed by atoms with Crippen molar-refractivity contribution in [3.63, 3.8) is 0 Å². The minimum Gasteiger partial charge on any atom is -0.361 e. The minimum atomic E-state index is 0.175. The maximum absolute atomic E-state index is 13.3. The van der Waals surface area contributed by atoms with E-state index in [2.05, 4.69) is 68.3 Å². The zero-order valence-corrected chi connectivity index (χ0v) is 21.5. The first-order chi connectivity index (χ1) is 17.7. The Hall–Kier alpha value is -2.63. The molecule has 190 valence electrons. The van der Waals surface area contributed by atoms with Crippen LogP contribution in [0, 0.1) is 5.92 Å². The number of nitrogens with zero attached hydrogens (tertiary/aromatic N) is 3. The molecule has 0 unspecified atom stereocenters. The third kappa shape index (κ3) is 5.23. The Kier molecular flexibility index (Phi) is 7.11. The summed E-state index contributed by atoms with van der Waals surface area (Å²) in [7, 11) is 0. The maximum Gasteiger partial charge on any atom is 0.253 e. The van der Waals surface area contributed by atoms with Gasteiger partial charge in [-0.3, -0.25) is 14.6 Å². The molecule has 1 aliphatic carbocycles. The second-order valence-corrected chi connectivity index (χ2v) is 11.2. The number of rotatable bonds is 6. The molecule has 1 amide bonds. The standard InChI is InChI=1S/C31H40N4O/c36-31(35-14-12-25(13-15-35)20-24-6-2-1-3-7-24)26-10-11-29-27(22-32-30(29)21-26)23-33-16-18-34(19-17-33)28-8-4-5-9-28/h1-3,6-7,10-11,21-22,25,28,32H,4-5,8-9,12-20,23H2. The normalized spacial score (nSPS) is 20.9. The average Bonchev–Trinajstić information content (AvgIpc) is 3.60. The molecule has 2 saturated heterocycles. The molecule has 0 spiro atoms. The summed E-state index contributed by atoms with van der Waals surface area (Å²) in [5, 5.41) is 1.26. The van der Waals surface area contributed by atoms with Gasteiger partial charge in [-0.25, -0.2) is 0 Å². The number of carbonyl (C=O) groups is 1. The van der Waals surface area contributed by atoms with Crippen molar-refractivity contribution in [2.45, 2.75) is 57.5 Å². The first-order valence-corrected chi connectivity index (χ1v) is 14.1. The fourth-order valence-corrected chi connectivity index (χ4v) is 6.72. The van der Waals surface area contributed by atoms with E-state index in [1.165, 1.54) is 55.3 Å². The Morgan fingerprint density at radius 3 is 2.36 bits per heavy atom. The third-order valence-corrected chi connectivity index (χ3v) is 8.93. The van der Waals surface area contributed by atoms with Crippen LogP contribution < -0.4 is 0 Å². The SMILES string of the molecule is O=C(c1ccc2c(CN3CCN(C4CCCC4)CC3)c[nH]c2c1)N1CCC(Cc2ccccc2)CC1. The summed E-state index contributed by atoms with van der Waals surface area (Å²) >= 11 is 0. The molecular formula is C31H40N4O. The van der Waals surface area contributed by atoms with Crippen LogP contribution in [0.5, 0.6) is 0 Å². The number of aromatic nitrogens is 1. The van der Waals surface area contributed by atoms with E-state index in [9.17, 15) is 4.79 Å². The number of hydrogen-bond acceptors (Lipinski definition) is 3. The van der Waals surface area contributed by atoms with Crippen LogP contribution >= 0.6 is 0 Å². The van der Waals surface area contributed by atoms with Crippen LogP contribution in [0.25, 0.3) is 10.9 Å². The van der Waals surface area contributed by atoms with Crippen LogP contribution in [0.1, 0.15) is 60.0 Å². The van der Waals surface area contributed by atoms with E-state index < -0.39 is 0 Å². The number of benzene rings is 2. The molecule has 2 aliphatic heterocycles. The van der Waals surface area contributed by atoms with E-state index in [1.807, 2.05) is 6.07 Å². The second kappa shape index (κ2) is 10.8. The highest BCUT2D eigenvalue weighted by Crippen LogP contribution is 2.27. The zero-order valence-electron chi connectivity index (χ0n) is 21.5. The van der Waals surface area contributed by atoms with E-state index in [1.54, 1.807) is 0 Å². The molecule has 3 heterocycles. The van der Waals surface area contributed by atoms with Gasteiger partial charge in [0, 0.05) is 74.5 Å². The zero-order chi connectivity index (χ0) is 24.3. The lowest BCUT2D eigenvalue weighted by atomic mass is 9.90. The fourth-order valence-electron chi connectivity index (χ4n) is 6.72. The Morgan fingerprint density at radius 2 is 1.61 bits per heavy atom. The van der Waals surface area contributed by atoms with Crippen LogP contribution in [0.15, 0.2) is 54.7 Å². The highest BCUT2D eigenvalue weighted by atomic mass is 16.2. The van der Waals surface area contributed by atoms with Crippen molar-refractivity contribution in [2.75, 3.05) is 39.3 Å². The summed E-state index contributed by atoms with van der Waals surface area (Å²) in [4.78, 5) is 24.1. The summed E-state index contributed by atoms with van der Waals surface area (Å²) in [6.07, 6.45) is 11.1. The van der Waals surface area contributed by atoms with Gasteiger partial charge >= 0.3 is 0 Å². The molecule has 3 aliphatic rings. The van der Waals surface area contributed by atoms with Crippen molar-refractivity contribution in [3.8, 4) is 0 Å². The summed E-state index contributed by atoms with van der Waals surface area (Å²) in [5.74, 6) is 0.846. The third-order valence-electron chi connectivity index (χ3n) is 8.93. The average molecular weight is 485 g/mol. The molecule has 5 heteroatoms. The lowest BCUT2D eigenvalue weighted by molar-refractivity contribution is 0.0690. The van der Waals surface area contributed by atoms with Crippen LogP contribution in [-0.2, 0) is 13.0 Å². The number of likely N-dealkylation sites (tertiary alicyclic amines) is 1. The van der Waals surface area contributed by atoms with E-state index in [-0.39, 0.29) is 5.91 Å². The molecular weight excluding hydrogens is 444 g/mol. The summed E-state index contributed by atoms with van der Waals surface area (Å²) in [6, 6.07) is 17.8. The molecule has 5 nitrogen and oxygen atoms in total. The van der Waals surface area contributed by atoms with E-state index in [0.29, 0.717) is 5.92 Å². The number of H-pyrrole nitrogens is 1. The molecule has 1 saturated carbocycles. The second-order valence-electron chi connectivity index (χ2n) is 11.2. The quantitative estimate of drug-likeness (QED) is 0.515. The van der Waals surface area contributed by atoms with Crippen LogP contribution in [-0.4, -0.2) is 70.9 Å². The van der Waals surface area contributed by atoms with Gasteiger partial charge in [0.05, 0.1) is 0 Å². The lowest BCUT2D eigenvalue weighted by Crippen LogP contribution is -2.49. The first kappa shape index (κ1) is 23.7. The smallest absolute Gasteiger partial charge is 0.253 e. The number of amides is 1. The number of carbonyl (C=O) groups excluding carboxylic acids is 1. The molecule has 0 bridgehead atoms. The summed E-state index contributed by atoms with van der Waals surface area (Å²) < 4.78 is 0. The number of fused-ring (bicyclic) bond motifs is 1. The van der Waals surface area contributed by atoms with Gasteiger partial charge in [-0.05, 0) is 61.3 Å². The number of nitrogens with one attached hydrogen (secondary N) is 1. The Labute approximate surface area is 215 Å². The molecule has 3 aromatic rings. The van der Waals surface area contributed by atoms with Crippen LogP contribution in [0.4, 0.5) is 0 Å². The van der Waals surface area contributed by atoms with E-state index in [4.69, 9.17) is 0 Å². The molecule has 0 radical (unpaired) electrons. The number of piperidine rings is 1. The van der Waals surface area contributed by atoms with Crippen molar-refractivity contribution in [1.82, 2.24) is 19.7 Å². The van der Waals surface area contributed by atoms with Gasteiger partial charge < -0.3 is 9.88 Å². The highest BCUT2D eigenvalue weighted by Gasteiger charge is 2.27. The lowest BCUT2D eigenvalue weighted by Gasteiger charge is -2.38. The predicted molar refractivity (Wildman–Crippen MR) is 146 cm³/mol. The van der Waals surface area contributed by atoms with E-state index in [0.717, 1.165) is 69.1 Å². The number of hydrogen-bond donors (Lipinski definition) is 1. The first-order valence-electron chi connectivity index (χ1n) is 14.1. The van der Waals surface area contributed by atoms with Crippen LogP contribution in [0.2, 0.25) is 0 Å². The van der Waals surface area contributed by atoms with Crippen molar-refractivity contribution in [3.05, 3.63) is 71.4 Å². The topological polar surface area (TPSA) is 42.6 Å². The minimum absolute atomic E-state index is 0.175.